The van der Waals surface area contributed by atoms with Gasteiger partial charge in [0.25, 0.3) is 0 Å². The van der Waals surface area contributed by atoms with Gasteiger partial charge in [-0.05, 0) is 6.92 Å². The molecule has 24 heavy (non-hydrogen) atoms. The van der Waals surface area contributed by atoms with E-state index in [9.17, 15) is 29.9 Å². The van der Waals surface area contributed by atoms with Crippen molar-refractivity contribution in [2.24, 2.45) is 0 Å². The maximum atomic E-state index is 13.7. The standard InChI is InChI=1S/C14H20FNO8/c1-5-12(6(2-17)7(3-18)13(15)16-5)24-14-11(22)10(21)9(20)8(4-19)23-14/h8-11,14,17-22H,2-4H2,1H3/t8-,9+,10+,11-,14?/m1/s1. The van der Waals surface area contributed by atoms with Gasteiger partial charge < -0.3 is 40.1 Å². The van der Waals surface area contributed by atoms with Crippen LogP contribution in [0.5, 0.6) is 5.75 Å². The quantitative estimate of drug-likeness (QED) is 0.322. The van der Waals surface area contributed by atoms with E-state index in [1.54, 1.807) is 0 Å². The highest BCUT2D eigenvalue weighted by molar-refractivity contribution is 5.42. The second-order valence-electron chi connectivity index (χ2n) is 5.41. The van der Waals surface area contributed by atoms with E-state index >= 15 is 0 Å². The van der Waals surface area contributed by atoms with E-state index in [2.05, 4.69) is 4.98 Å². The SMILES string of the molecule is Cc1nc(F)c(CO)c(CO)c1OC1O[C@H](CO)[C@H](O)[C@H](O)[C@H]1O. The van der Waals surface area contributed by atoms with Gasteiger partial charge in [-0.3, -0.25) is 0 Å². The lowest BCUT2D eigenvalue weighted by Crippen LogP contribution is -2.60. The van der Waals surface area contributed by atoms with Crippen molar-refractivity contribution in [1.82, 2.24) is 4.98 Å². The third kappa shape index (κ3) is 3.35. The fraction of sp³-hybridized carbons (Fsp3) is 0.643. The topological polar surface area (TPSA) is 153 Å². The molecule has 2 rings (SSSR count). The number of aromatic nitrogens is 1. The van der Waals surface area contributed by atoms with Crippen molar-refractivity contribution >= 4 is 0 Å². The molecule has 9 nitrogen and oxygen atoms in total. The average molecular weight is 349 g/mol. The molecule has 0 spiro atoms. The largest absolute Gasteiger partial charge is 0.460 e. The molecule has 1 aromatic heterocycles. The average Bonchev–Trinajstić information content (AvgIpc) is 2.56. The van der Waals surface area contributed by atoms with Gasteiger partial charge in [0, 0.05) is 11.1 Å². The van der Waals surface area contributed by atoms with Crippen LogP contribution < -0.4 is 4.74 Å². The molecule has 1 fully saturated rings. The number of aliphatic hydroxyl groups excluding tert-OH is 6. The number of nitrogens with zero attached hydrogens (tertiary/aromatic N) is 1. The molecule has 0 aliphatic carbocycles. The Morgan fingerprint density at radius 2 is 1.67 bits per heavy atom. The number of halogens is 1. The van der Waals surface area contributed by atoms with Crippen LogP contribution in [0, 0.1) is 12.9 Å². The molecule has 1 saturated heterocycles. The van der Waals surface area contributed by atoms with Gasteiger partial charge in [-0.15, -0.1) is 0 Å². The number of rotatable bonds is 5. The molecule has 1 unspecified atom stereocenters. The zero-order chi connectivity index (χ0) is 18.0. The molecule has 1 aliphatic rings. The smallest absolute Gasteiger partial charge is 0.229 e. The summed E-state index contributed by atoms with van der Waals surface area (Å²) in [5.41, 5.74) is -0.340. The van der Waals surface area contributed by atoms with E-state index < -0.39 is 56.5 Å². The Balaban J connectivity index is 2.36. The van der Waals surface area contributed by atoms with E-state index in [0.717, 1.165) is 0 Å². The number of aryl methyl sites for hydroxylation is 1. The second kappa shape index (κ2) is 7.66. The summed E-state index contributed by atoms with van der Waals surface area (Å²) in [6.07, 6.45) is -7.57. The van der Waals surface area contributed by atoms with E-state index in [4.69, 9.17) is 14.6 Å². The Hall–Kier alpha value is -1.40. The van der Waals surface area contributed by atoms with Crippen LogP contribution in [0.3, 0.4) is 0 Å². The molecule has 0 radical (unpaired) electrons. The van der Waals surface area contributed by atoms with Crippen molar-refractivity contribution in [1.29, 1.82) is 0 Å². The van der Waals surface area contributed by atoms with Crippen molar-refractivity contribution in [3.63, 3.8) is 0 Å². The maximum absolute atomic E-state index is 13.7. The molecule has 136 valence electrons. The van der Waals surface area contributed by atoms with Gasteiger partial charge in [0.1, 0.15) is 30.2 Å². The van der Waals surface area contributed by atoms with Gasteiger partial charge in [-0.25, -0.2) is 4.98 Å². The first-order valence-corrected chi connectivity index (χ1v) is 7.22. The highest BCUT2D eigenvalue weighted by Crippen LogP contribution is 2.31. The zero-order valence-electron chi connectivity index (χ0n) is 12.8. The minimum absolute atomic E-state index is 0.0192. The van der Waals surface area contributed by atoms with Crippen molar-refractivity contribution < 1.29 is 44.5 Å². The summed E-state index contributed by atoms with van der Waals surface area (Å²) in [6.45, 7) is -0.675. The summed E-state index contributed by atoms with van der Waals surface area (Å²) < 4.78 is 24.3. The first-order valence-electron chi connectivity index (χ1n) is 7.22. The lowest BCUT2D eigenvalue weighted by atomic mass is 9.99. The number of hydrogen-bond acceptors (Lipinski definition) is 9. The number of aliphatic hydroxyl groups is 6. The molecular formula is C14H20FNO8. The molecule has 6 N–H and O–H groups in total. The Labute approximate surface area is 136 Å². The van der Waals surface area contributed by atoms with Crippen LogP contribution in [-0.4, -0.2) is 72.9 Å². The Morgan fingerprint density at radius 3 is 2.21 bits per heavy atom. The van der Waals surface area contributed by atoms with E-state index in [-0.39, 0.29) is 22.6 Å². The third-order valence-electron chi connectivity index (χ3n) is 3.88. The third-order valence-corrected chi connectivity index (χ3v) is 3.88. The summed E-state index contributed by atoms with van der Waals surface area (Å²) in [7, 11) is 0. The van der Waals surface area contributed by atoms with Gasteiger partial charge in [0.15, 0.2) is 0 Å². The van der Waals surface area contributed by atoms with Gasteiger partial charge >= 0.3 is 0 Å². The van der Waals surface area contributed by atoms with E-state index in [1.165, 1.54) is 6.92 Å². The summed E-state index contributed by atoms with van der Waals surface area (Å²) in [5, 5.41) is 57.3. The molecule has 0 amide bonds. The van der Waals surface area contributed by atoms with Crippen LogP contribution in [-0.2, 0) is 18.0 Å². The molecule has 0 saturated carbocycles. The lowest BCUT2D eigenvalue weighted by Gasteiger charge is -2.39. The normalized spacial score (nSPS) is 30.4. The van der Waals surface area contributed by atoms with Crippen LogP contribution in [0.4, 0.5) is 4.39 Å². The summed E-state index contributed by atoms with van der Waals surface area (Å²) in [5.74, 6) is -1.10. The second-order valence-corrected chi connectivity index (χ2v) is 5.41. The summed E-state index contributed by atoms with van der Waals surface area (Å²) in [4.78, 5) is 3.56. The highest BCUT2D eigenvalue weighted by atomic mass is 19.1. The van der Waals surface area contributed by atoms with Gasteiger partial charge in [0.2, 0.25) is 12.2 Å². The Bertz CT molecular complexity index is 584. The monoisotopic (exact) mass is 349 g/mol. The van der Waals surface area contributed by atoms with Crippen LogP contribution in [0.25, 0.3) is 0 Å². The zero-order valence-corrected chi connectivity index (χ0v) is 12.8. The predicted octanol–water partition coefficient (Wildman–Crippen LogP) is -2.31. The van der Waals surface area contributed by atoms with Crippen LogP contribution in [0.2, 0.25) is 0 Å². The molecule has 0 aromatic carbocycles. The molecule has 10 heteroatoms. The van der Waals surface area contributed by atoms with Crippen LogP contribution >= 0.6 is 0 Å². The summed E-state index contributed by atoms with van der Waals surface area (Å²) in [6, 6.07) is 0. The van der Waals surface area contributed by atoms with Gasteiger partial charge in [0.05, 0.1) is 25.5 Å². The number of pyridine rings is 1. The molecule has 0 bridgehead atoms. The number of ether oxygens (including phenoxy) is 2. The number of hydrogen-bond donors (Lipinski definition) is 6. The fourth-order valence-electron chi connectivity index (χ4n) is 2.51. The Kier molecular flexibility index (Phi) is 6.04. The molecule has 1 aliphatic heterocycles. The van der Waals surface area contributed by atoms with Crippen molar-refractivity contribution in [3.8, 4) is 5.75 Å². The van der Waals surface area contributed by atoms with E-state index in [0.29, 0.717) is 0 Å². The fourth-order valence-corrected chi connectivity index (χ4v) is 2.51. The minimum atomic E-state index is -1.67. The molecule has 5 atom stereocenters. The first-order chi connectivity index (χ1) is 11.3. The van der Waals surface area contributed by atoms with Crippen molar-refractivity contribution in [2.75, 3.05) is 6.61 Å². The Morgan fingerprint density at radius 1 is 1.04 bits per heavy atom. The van der Waals surface area contributed by atoms with Crippen molar-refractivity contribution in [3.05, 3.63) is 22.8 Å². The molecular weight excluding hydrogens is 329 g/mol. The van der Waals surface area contributed by atoms with Crippen molar-refractivity contribution in [2.45, 2.75) is 50.8 Å². The molecule has 2 heterocycles. The van der Waals surface area contributed by atoms with Gasteiger partial charge in [-0.1, -0.05) is 0 Å². The van der Waals surface area contributed by atoms with Crippen LogP contribution in [0.15, 0.2) is 0 Å². The maximum Gasteiger partial charge on any atom is 0.229 e. The summed E-state index contributed by atoms with van der Waals surface area (Å²) >= 11 is 0. The van der Waals surface area contributed by atoms with Crippen LogP contribution in [0.1, 0.15) is 16.8 Å². The molecule has 1 aromatic rings. The highest BCUT2D eigenvalue weighted by Gasteiger charge is 2.45. The minimum Gasteiger partial charge on any atom is -0.460 e. The lowest BCUT2D eigenvalue weighted by molar-refractivity contribution is -0.277. The first kappa shape index (κ1) is 18.9. The van der Waals surface area contributed by atoms with Gasteiger partial charge in [-0.2, -0.15) is 4.39 Å². The van der Waals surface area contributed by atoms with E-state index in [1.807, 2.05) is 0 Å². The predicted molar refractivity (Wildman–Crippen MR) is 75.2 cm³/mol.